The van der Waals surface area contributed by atoms with Crippen LogP contribution in [-0.4, -0.2) is 50.5 Å². The number of nitriles is 1. The van der Waals surface area contributed by atoms with Crippen LogP contribution in [0.15, 0.2) is 65.8 Å². The van der Waals surface area contributed by atoms with Crippen LogP contribution in [0.5, 0.6) is 0 Å². The summed E-state index contributed by atoms with van der Waals surface area (Å²) in [6.45, 7) is 1.33. The van der Waals surface area contributed by atoms with E-state index in [9.17, 15) is 9.90 Å². The van der Waals surface area contributed by atoms with Crippen molar-refractivity contribution in [3.05, 3.63) is 72.2 Å². The van der Waals surface area contributed by atoms with Crippen LogP contribution < -0.4 is 11.1 Å². The molecule has 1 aromatic carbocycles. The summed E-state index contributed by atoms with van der Waals surface area (Å²) in [6.07, 6.45) is 3.31. The Labute approximate surface area is 190 Å². The monoisotopic (exact) mass is 446 g/mol. The first-order chi connectivity index (χ1) is 15.5. The Bertz CT molecular complexity index is 1130. The van der Waals surface area contributed by atoms with Gasteiger partial charge in [0.25, 0.3) is 5.91 Å². The quantitative estimate of drug-likeness (QED) is 0.493. The van der Waals surface area contributed by atoms with Crippen molar-refractivity contribution < 1.29 is 9.90 Å². The molecule has 1 aliphatic rings. The Balaban J connectivity index is 1.34. The van der Waals surface area contributed by atoms with Crippen molar-refractivity contribution in [3.8, 4) is 17.2 Å². The molecule has 2 aromatic heterocycles. The van der Waals surface area contributed by atoms with Crippen molar-refractivity contribution in [2.45, 2.75) is 23.5 Å². The summed E-state index contributed by atoms with van der Waals surface area (Å²) in [6, 6.07) is 16.9. The van der Waals surface area contributed by atoms with E-state index in [1.165, 1.54) is 6.20 Å². The molecule has 1 aliphatic heterocycles. The highest BCUT2D eigenvalue weighted by Crippen LogP contribution is 2.29. The zero-order valence-electron chi connectivity index (χ0n) is 17.2. The molecule has 2 atom stereocenters. The van der Waals surface area contributed by atoms with E-state index in [-0.39, 0.29) is 11.7 Å². The number of aliphatic hydroxyl groups excluding tert-OH is 1. The second kappa shape index (κ2) is 9.78. The highest BCUT2D eigenvalue weighted by atomic mass is 32.2. The smallest absolute Gasteiger partial charge is 0.267 e. The Kier molecular flexibility index (Phi) is 6.66. The number of benzene rings is 1. The predicted molar refractivity (Wildman–Crippen MR) is 123 cm³/mol. The van der Waals surface area contributed by atoms with Gasteiger partial charge >= 0.3 is 0 Å². The molecule has 4 N–H and O–H groups in total. The van der Waals surface area contributed by atoms with E-state index < -0.39 is 12.0 Å². The molecular weight excluding hydrogens is 424 g/mol. The molecule has 4 rings (SSSR count). The maximum absolute atomic E-state index is 11.3. The van der Waals surface area contributed by atoms with Crippen LogP contribution in [0.1, 0.15) is 22.5 Å². The second-order valence-electron chi connectivity index (χ2n) is 7.45. The van der Waals surface area contributed by atoms with Gasteiger partial charge in [-0.25, -0.2) is 9.29 Å². The lowest BCUT2D eigenvalue weighted by molar-refractivity contribution is 0.0990. The Hall–Kier alpha value is -3.45. The maximum atomic E-state index is 11.3. The number of nitrogens with zero attached hydrogens (tertiary/aromatic N) is 4. The van der Waals surface area contributed by atoms with Crippen LogP contribution in [0, 0.1) is 11.3 Å². The van der Waals surface area contributed by atoms with E-state index in [0.717, 1.165) is 29.0 Å². The van der Waals surface area contributed by atoms with Gasteiger partial charge in [0, 0.05) is 30.4 Å². The summed E-state index contributed by atoms with van der Waals surface area (Å²) >= 11 is 1.60. The van der Waals surface area contributed by atoms with Crippen molar-refractivity contribution >= 4 is 23.7 Å². The number of aliphatic hydroxyl groups is 1. The Morgan fingerprint density at radius 3 is 2.66 bits per heavy atom. The Morgan fingerprint density at radius 2 is 2.00 bits per heavy atom. The zero-order valence-corrected chi connectivity index (χ0v) is 18.0. The molecular formula is C23H22N6O2S. The van der Waals surface area contributed by atoms with Gasteiger partial charge in [-0.15, -0.1) is 0 Å². The number of carbonyl (C=O) groups excluding carboxylic acids is 1. The van der Waals surface area contributed by atoms with Crippen LogP contribution in [0.25, 0.3) is 11.1 Å². The third-order valence-electron chi connectivity index (χ3n) is 5.21. The number of rotatable bonds is 6. The first kappa shape index (κ1) is 21.8. The van der Waals surface area contributed by atoms with Crippen molar-refractivity contribution in [3.63, 3.8) is 0 Å². The molecule has 0 saturated carbocycles. The maximum Gasteiger partial charge on any atom is 0.267 e. The molecule has 0 spiro atoms. The number of aromatic nitrogens is 2. The molecule has 0 radical (unpaired) electrons. The van der Waals surface area contributed by atoms with E-state index >= 15 is 0 Å². The Morgan fingerprint density at radius 1 is 1.19 bits per heavy atom. The summed E-state index contributed by atoms with van der Waals surface area (Å²) in [5.41, 5.74) is 7.91. The fourth-order valence-electron chi connectivity index (χ4n) is 3.49. The average molecular weight is 447 g/mol. The molecule has 9 heteroatoms. The molecule has 3 heterocycles. The molecule has 1 saturated heterocycles. The molecule has 162 valence electrons. The number of anilines is 1. The number of piperidine rings is 1. The molecule has 0 bridgehead atoms. The summed E-state index contributed by atoms with van der Waals surface area (Å²) in [5.74, 6) is 0.103. The normalized spacial score (nSPS) is 18.6. The third-order valence-corrected chi connectivity index (χ3v) is 6.28. The molecule has 1 fully saturated rings. The highest BCUT2D eigenvalue weighted by molar-refractivity contribution is 7.97. The number of primary amides is 1. The lowest BCUT2D eigenvalue weighted by Crippen LogP contribution is -2.47. The third kappa shape index (κ3) is 5.23. The molecule has 0 aliphatic carbocycles. The van der Waals surface area contributed by atoms with Crippen molar-refractivity contribution in [1.82, 2.24) is 14.3 Å². The fraction of sp³-hybridized carbons (Fsp3) is 0.217. The van der Waals surface area contributed by atoms with Crippen molar-refractivity contribution in [2.75, 3.05) is 18.4 Å². The molecule has 2 unspecified atom stereocenters. The van der Waals surface area contributed by atoms with Crippen LogP contribution in [0.2, 0.25) is 0 Å². The minimum absolute atomic E-state index is 0.0965. The van der Waals surface area contributed by atoms with Gasteiger partial charge in [0.2, 0.25) is 0 Å². The van der Waals surface area contributed by atoms with E-state index in [1.807, 2.05) is 36.4 Å². The summed E-state index contributed by atoms with van der Waals surface area (Å²) in [4.78, 5) is 20.6. The predicted octanol–water partition coefficient (Wildman–Crippen LogP) is 2.67. The van der Waals surface area contributed by atoms with Gasteiger partial charge < -0.3 is 16.2 Å². The largest absolute Gasteiger partial charge is 0.390 e. The molecule has 8 nitrogen and oxygen atoms in total. The van der Waals surface area contributed by atoms with Crippen molar-refractivity contribution in [1.29, 1.82) is 5.26 Å². The average Bonchev–Trinajstić information content (AvgIpc) is 2.82. The minimum atomic E-state index is -0.551. The number of nitrogens with two attached hydrogens (primary N) is 1. The second-order valence-corrected chi connectivity index (χ2v) is 8.62. The first-order valence-corrected chi connectivity index (χ1v) is 10.9. The summed E-state index contributed by atoms with van der Waals surface area (Å²) in [7, 11) is 0. The van der Waals surface area contributed by atoms with Crippen molar-refractivity contribution in [2.24, 2.45) is 5.73 Å². The fourth-order valence-corrected chi connectivity index (χ4v) is 4.47. The topological polar surface area (TPSA) is 128 Å². The van der Waals surface area contributed by atoms with E-state index in [2.05, 4.69) is 19.6 Å². The van der Waals surface area contributed by atoms with Gasteiger partial charge in [0.15, 0.2) is 0 Å². The van der Waals surface area contributed by atoms with E-state index in [0.29, 0.717) is 17.9 Å². The van der Waals surface area contributed by atoms with Gasteiger partial charge in [0.1, 0.15) is 17.6 Å². The van der Waals surface area contributed by atoms with Crippen LogP contribution in [0.3, 0.4) is 0 Å². The SMILES string of the molecule is N#Cc1ccc(NC2CCN(Sc3ccc(-c4ccnc(C(N)=O)c4)cc3)CC2O)nc1. The molecule has 3 aromatic rings. The van der Waals surface area contributed by atoms with Gasteiger partial charge in [-0.1, -0.05) is 12.1 Å². The number of hydrogen-bond donors (Lipinski definition) is 3. The van der Waals surface area contributed by atoms with Crippen LogP contribution in [-0.2, 0) is 0 Å². The number of amides is 1. The lowest BCUT2D eigenvalue weighted by Gasteiger charge is -2.35. The zero-order chi connectivity index (χ0) is 22.5. The van der Waals surface area contributed by atoms with Crippen LogP contribution in [0.4, 0.5) is 5.82 Å². The number of hydrogen-bond acceptors (Lipinski definition) is 8. The standard InChI is InChI=1S/C23H22N6O2S/c24-12-15-1-6-22(27-13-15)28-19-8-10-29(14-21(19)30)32-18-4-2-16(3-5-18)17-7-9-26-20(11-17)23(25)31/h1-7,9,11,13,19,21,30H,8,10,14H2,(H2,25,31)(H,27,28). The number of pyridine rings is 2. The highest BCUT2D eigenvalue weighted by Gasteiger charge is 2.28. The van der Waals surface area contributed by atoms with Gasteiger partial charge in [-0.05, 0) is 65.9 Å². The summed E-state index contributed by atoms with van der Waals surface area (Å²) < 4.78 is 2.14. The number of carbonyl (C=O) groups is 1. The first-order valence-electron chi connectivity index (χ1n) is 10.1. The molecule has 32 heavy (non-hydrogen) atoms. The van der Waals surface area contributed by atoms with Crippen LogP contribution >= 0.6 is 11.9 Å². The minimum Gasteiger partial charge on any atom is -0.390 e. The number of β-amino-alcohol motifs (C(OH)–C–C–N with tert-alkyl or cyclic N) is 1. The number of nitrogens with one attached hydrogen (secondary N) is 1. The summed E-state index contributed by atoms with van der Waals surface area (Å²) in [5, 5.41) is 22.7. The van der Waals surface area contributed by atoms with E-state index in [1.54, 1.807) is 36.3 Å². The lowest BCUT2D eigenvalue weighted by atomic mass is 10.0. The van der Waals surface area contributed by atoms with Gasteiger partial charge in [-0.3, -0.25) is 9.78 Å². The molecule has 1 amide bonds. The van der Waals surface area contributed by atoms with Gasteiger partial charge in [0.05, 0.1) is 17.7 Å². The van der Waals surface area contributed by atoms with E-state index in [4.69, 9.17) is 11.0 Å². The van der Waals surface area contributed by atoms with Gasteiger partial charge in [-0.2, -0.15) is 5.26 Å².